The number of benzene rings is 16. The average molecular weight is 1330 g/mol. The molecule has 0 unspecified atom stereocenters. The molecule has 20 aromatic rings. The van der Waals surface area contributed by atoms with Gasteiger partial charge >= 0.3 is 0 Å². The van der Waals surface area contributed by atoms with Crippen molar-refractivity contribution in [1.29, 1.82) is 0 Å². The lowest BCUT2D eigenvalue weighted by molar-refractivity contribution is 0.656. The Morgan fingerprint density at radius 3 is 0.904 bits per heavy atom. The van der Waals surface area contributed by atoms with Crippen LogP contribution in [-0.4, -0.2) is 18.3 Å². The predicted octanol–water partition coefficient (Wildman–Crippen LogP) is 25.8. The zero-order valence-corrected chi connectivity index (χ0v) is 57.6. The van der Waals surface area contributed by atoms with E-state index in [1.807, 2.05) is 0 Å². The van der Waals surface area contributed by atoms with Gasteiger partial charge in [-0.15, -0.1) is 0 Å². The molecule has 2 aliphatic carbocycles. The summed E-state index contributed by atoms with van der Waals surface area (Å²) in [5.41, 5.74) is 32.0. The lowest BCUT2D eigenvalue weighted by Gasteiger charge is -2.35. The zero-order chi connectivity index (χ0) is 68.8. The fourth-order valence-corrected chi connectivity index (χ4v) is 18.5. The van der Waals surface area contributed by atoms with E-state index in [4.69, 9.17) is 0 Å². The normalized spacial score (nSPS) is 13.2. The third kappa shape index (κ3) is 8.66. The molecule has 0 atom stereocenters. The van der Waals surface area contributed by atoms with E-state index >= 15 is 0 Å². The van der Waals surface area contributed by atoms with E-state index in [1.165, 1.54) is 188 Å². The third-order valence-corrected chi connectivity index (χ3v) is 22.9. The van der Waals surface area contributed by atoms with Gasteiger partial charge in [0.25, 0.3) is 0 Å². The minimum atomic E-state index is -0.517. The van der Waals surface area contributed by atoms with E-state index in [2.05, 4.69) is 408 Å². The van der Waals surface area contributed by atoms with Gasteiger partial charge in [0.1, 0.15) is 0 Å². The van der Waals surface area contributed by atoms with Gasteiger partial charge in [-0.3, -0.25) is 0 Å². The van der Waals surface area contributed by atoms with Crippen LogP contribution in [0, 0.1) is 0 Å². The summed E-state index contributed by atoms with van der Waals surface area (Å²) in [4.78, 5) is 0. The summed E-state index contributed by atoms with van der Waals surface area (Å²) in [6, 6.07) is 139. The van der Waals surface area contributed by atoms with E-state index in [0.29, 0.717) is 0 Å². The highest BCUT2D eigenvalue weighted by Crippen LogP contribution is 2.59. The van der Waals surface area contributed by atoms with Gasteiger partial charge < -0.3 is 18.3 Å². The minimum Gasteiger partial charge on any atom is -0.309 e. The second-order valence-electron chi connectivity index (χ2n) is 28.6. The monoisotopic (exact) mass is 1320 g/mol. The summed E-state index contributed by atoms with van der Waals surface area (Å²) >= 11 is 0. The maximum absolute atomic E-state index is 2.52. The predicted molar refractivity (Wildman–Crippen MR) is 436 cm³/mol. The van der Waals surface area contributed by atoms with E-state index in [9.17, 15) is 0 Å². The summed E-state index contributed by atoms with van der Waals surface area (Å²) in [7, 11) is 0. The minimum absolute atomic E-state index is 0.103. The van der Waals surface area contributed by atoms with Crippen LogP contribution < -0.4 is 0 Å². The van der Waals surface area contributed by atoms with Crippen LogP contribution in [0.1, 0.15) is 47.2 Å². The molecule has 4 aromatic heterocycles. The Balaban J connectivity index is 0.000000137. The first-order valence-electron chi connectivity index (χ1n) is 36.2. The van der Waals surface area contributed by atoms with Crippen molar-refractivity contribution in [2.45, 2.75) is 24.7 Å². The molecule has 0 N–H and O–H groups in total. The Labute approximate surface area is 603 Å². The molecule has 4 heterocycles. The zero-order valence-electron chi connectivity index (χ0n) is 57.6. The smallest absolute Gasteiger partial charge is 0.0734 e. The number of fused-ring (bicyclic) bond motifs is 18. The van der Waals surface area contributed by atoms with E-state index < -0.39 is 5.41 Å². The second kappa shape index (κ2) is 23.1. The number of para-hydroxylation sites is 6. The van der Waals surface area contributed by atoms with Gasteiger partial charge in [0, 0.05) is 65.4 Å². The van der Waals surface area contributed by atoms with Crippen molar-refractivity contribution in [2.24, 2.45) is 0 Å². The van der Waals surface area contributed by atoms with Gasteiger partial charge in [0.15, 0.2) is 0 Å². The molecule has 4 heteroatoms. The number of aromatic nitrogens is 4. The molecule has 4 nitrogen and oxygen atoms in total. The van der Waals surface area contributed by atoms with Crippen molar-refractivity contribution in [2.75, 3.05) is 0 Å². The number of hydrogen-bond donors (Lipinski definition) is 0. The lowest BCUT2D eigenvalue weighted by Crippen LogP contribution is -2.29. The topological polar surface area (TPSA) is 19.7 Å². The maximum atomic E-state index is 2.52. The van der Waals surface area contributed by atoms with Crippen LogP contribution >= 0.6 is 0 Å². The van der Waals surface area contributed by atoms with Crippen LogP contribution in [0.15, 0.2) is 376 Å². The quantitative estimate of drug-likeness (QED) is 0.144. The van der Waals surface area contributed by atoms with Crippen LogP contribution in [0.4, 0.5) is 0 Å². The standard InChI is InChI=1S/C55H36N2.C45H32N2/c1-4-17-39(18-5-1)55(40-19-6-2-7-20-40)48-27-13-10-23-42(48)45-26-16-30-53(54(45)55)57-50-29-15-12-25-44(50)47-36-38(32-34-52(47)57)37-31-33-51-46(35-37)43-24-11-14-28-49(43)56(51)41-21-8-3-9-22-41;1-45(2)38-19-9-6-15-32(38)35-18-12-22-43(44(35)45)47-40-21-11-8-17-34(40)37-28-30(24-26-42(37)47)29-23-25-41-36(27-29)33-16-7-10-20-39(33)46(41)31-13-4-3-5-14-31/h1-36H;3-28H,1-2H3. The fraction of sp³-hybridized carbons (Fsp3) is 0.0400. The molecule has 0 bridgehead atoms. The highest BCUT2D eigenvalue weighted by molar-refractivity contribution is 6.15. The molecule has 22 rings (SSSR count). The van der Waals surface area contributed by atoms with Crippen LogP contribution in [0.3, 0.4) is 0 Å². The molecule has 0 saturated carbocycles. The summed E-state index contributed by atoms with van der Waals surface area (Å²) in [5.74, 6) is 0. The highest BCUT2D eigenvalue weighted by Gasteiger charge is 2.48. The van der Waals surface area contributed by atoms with Crippen molar-refractivity contribution >= 4 is 87.2 Å². The molecule has 0 saturated heterocycles. The van der Waals surface area contributed by atoms with Crippen molar-refractivity contribution in [3.05, 3.63) is 409 Å². The lowest BCUT2D eigenvalue weighted by atomic mass is 9.67. The van der Waals surface area contributed by atoms with E-state index in [-0.39, 0.29) is 5.41 Å². The van der Waals surface area contributed by atoms with Crippen LogP contribution in [0.2, 0.25) is 0 Å². The van der Waals surface area contributed by atoms with Gasteiger partial charge in [-0.05, 0) is 182 Å². The Morgan fingerprint density at radius 2 is 0.490 bits per heavy atom. The first-order valence-corrected chi connectivity index (χ1v) is 36.2. The number of nitrogens with zero attached hydrogens (tertiary/aromatic N) is 4. The number of hydrogen-bond acceptors (Lipinski definition) is 0. The van der Waals surface area contributed by atoms with Crippen molar-refractivity contribution in [3.63, 3.8) is 0 Å². The molecule has 488 valence electrons. The Kier molecular flexibility index (Phi) is 13.3. The Hall–Kier alpha value is -13.3. The van der Waals surface area contributed by atoms with Crippen LogP contribution in [-0.2, 0) is 10.8 Å². The molecule has 104 heavy (non-hydrogen) atoms. The van der Waals surface area contributed by atoms with Crippen molar-refractivity contribution < 1.29 is 0 Å². The van der Waals surface area contributed by atoms with Gasteiger partial charge in [-0.25, -0.2) is 0 Å². The molecule has 0 fully saturated rings. The van der Waals surface area contributed by atoms with Gasteiger partial charge in [-0.1, -0.05) is 281 Å². The van der Waals surface area contributed by atoms with Crippen LogP contribution in [0.5, 0.6) is 0 Å². The van der Waals surface area contributed by atoms with Gasteiger partial charge in [0.05, 0.1) is 60.9 Å². The van der Waals surface area contributed by atoms with Crippen molar-refractivity contribution in [3.8, 4) is 67.3 Å². The first kappa shape index (κ1) is 59.6. The SMILES string of the molecule is CC1(C)c2ccccc2-c2cccc(-n3c4ccccc4c4cc(-c5ccc6c(c5)c5ccccc5n6-c5ccccc5)ccc43)c21.c1ccc(-n2c3ccccc3c3cc(-c4ccc5c(c4)c4ccccc4n5-c4cccc5c4C(c4ccccc4)(c4ccccc4)c4ccccc4-5)ccc32)cc1. The fourth-order valence-electron chi connectivity index (χ4n) is 18.5. The van der Waals surface area contributed by atoms with Gasteiger partial charge in [-0.2, -0.15) is 0 Å². The van der Waals surface area contributed by atoms with E-state index in [1.54, 1.807) is 0 Å². The largest absolute Gasteiger partial charge is 0.309 e. The van der Waals surface area contributed by atoms with Gasteiger partial charge in [0.2, 0.25) is 0 Å². The highest BCUT2D eigenvalue weighted by atomic mass is 15.0. The molecular weight excluding hydrogens is 1260 g/mol. The molecule has 0 spiro atoms. The summed E-state index contributed by atoms with van der Waals surface area (Å²) in [5, 5.41) is 10.1. The average Bonchev–Trinajstić information content (AvgIpc) is 1.52. The van der Waals surface area contributed by atoms with E-state index in [0.717, 1.165) is 0 Å². The molecular formula is C100H68N4. The molecule has 16 aromatic carbocycles. The molecule has 0 amide bonds. The second-order valence-corrected chi connectivity index (χ2v) is 28.6. The summed E-state index contributed by atoms with van der Waals surface area (Å²) in [6.45, 7) is 4.75. The third-order valence-electron chi connectivity index (χ3n) is 22.9. The summed E-state index contributed by atoms with van der Waals surface area (Å²) in [6.07, 6.45) is 0. The molecule has 0 aliphatic heterocycles. The molecule has 2 aliphatic rings. The Morgan fingerprint density at radius 1 is 0.202 bits per heavy atom. The number of rotatable bonds is 8. The van der Waals surface area contributed by atoms with Crippen LogP contribution in [0.25, 0.3) is 154 Å². The Bertz CT molecular complexity index is 6820. The van der Waals surface area contributed by atoms with Crippen molar-refractivity contribution in [1.82, 2.24) is 18.3 Å². The summed E-state index contributed by atoms with van der Waals surface area (Å²) < 4.78 is 9.78. The molecule has 0 radical (unpaired) electrons. The maximum Gasteiger partial charge on any atom is 0.0734 e. The first-order chi connectivity index (χ1) is 51.4.